The van der Waals surface area contributed by atoms with Crippen LogP contribution in [0.4, 0.5) is 5.82 Å². The number of nitrogens with one attached hydrogen (secondary N) is 1. The topological polar surface area (TPSA) is 54.5 Å². The Balaban J connectivity index is 1.43. The fraction of sp³-hybridized carbons (Fsp3) is 0.400. The van der Waals surface area contributed by atoms with E-state index >= 15 is 0 Å². The minimum atomic E-state index is -0.141. The van der Waals surface area contributed by atoms with Crippen LogP contribution in [0, 0.1) is 5.92 Å². The number of pyridine rings is 1. The Kier molecular flexibility index (Phi) is 5.88. The lowest BCUT2D eigenvalue weighted by Crippen LogP contribution is -2.33. The lowest BCUT2D eigenvalue weighted by molar-refractivity contribution is -0.123. The second-order valence-electron chi connectivity index (χ2n) is 6.57. The quantitative estimate of drug-likeness (QED) is 0.879. The summed E-state index contributed by atoms with van der Waals surface area (Å²) in [5.74, 6) is 2.38. The summed E-state index contributed by atoms with van der Waals surface area (Å²) < 4.78 is 5.43. The van der Waals surface area contributed by atoms with Crippen molar-refractivity contribution in [2.75, 3.05) is 24.6 Å². The second kappa shape index (κ2) is 8.51. The third-order valence-electron chi connectivity index (χ3n) is 4.52. The predicted molar refractivity (Wildman–Crippen MR) is 98.6 cm³/mol. The van der Waals surface area contributed by atoms with Gasteiger partial charge in [-0.1, -0.05) is 31.2 Å². The van der Waals surface area contributed by atoms with Crippen molar-refractivity contribution in [1.29, 1.82) is 0 Å². The van der Waals surface area contributed by atoms with E-state index in [4.69, 9.17) is 4.74 Å². The van der Waals surface area contributed by atoms with Crippen LogP contribution >= 0.6 is 0 Å². The fourth-order valence-electron chi connectivity index (χ4n) is 2.86. The van der Waals surface area contributed by atoms with Gasteiger partial charge in [-0.25, -0.2) is 4.98 Å². The molecule has 3 rings (SSSR count). The number of carbonyl (C=O) groups is 1. The molecular weight excluding hydrogens is 314 g/mol. The lowest BCUT2D eigenvalue weighted by Gasteiger charge is -2.31. The summed E-state index contributed by atoms with van der Waals surface area (Å²) in [5, 5.41) is 2.86. The number of piperidine rings is 1. The number of benzene rings is 1. The maximum atomic E-state index is 11.9. The molecule has 1 aliphatic heterocycles. The number of ether oxygens (including phenoxy) is 1. The van der Waals surface area contributed by atoms with Gasteiger partial charge in [-0.2, -0.15) is 0 Å². The molecule has 2 heterocycles. The first-order valence-electron chi connectivity index (χ1n) is 8.85. The van der Waals surface area contributed by atoms with Gasteiger partial charge in [0.05, 0.1) is 0 Å². The SMILES string of the molecule is CC1CCN(c2ccc(CNC(=O)COc3ccccc3)cn2)CC1. The minimum Gasteiger partial charge on any atom is -0.484 e. The molecule has 1 N–H and O–H groups in total. The molecule has 1 aromatic carbocycles. The first-order chi connectivity index (χ1) is 12.2. The molecule has 0 radical (unpaired) electrons. The van der Waals surface area contributed by atoms with Gasteiger partial charge in [0.1, 0.15) is 11.6 Å². The lowest BCUT2D eigenvalue weighted by atomic mass is 9.99. The highest BCUT2D eigenvalue weighted by atomic mass is 16.5. The van der Waals surface area contributed by atoms with Gasteiger partial charge in [0, 0.05) is 25.8 Å². The van der Waals surface area contributed by atoms with Crippen LogP contribution in [0.5, 0.6) is 5.75 Å². The Morgan fingerprint density at radius 1 is 1.20 bits per heavy atom. The van der Waals surface area contributed by atoms with Gasteiger partial charge in [-0.3, -0.25) is 4.79 Å². The normalized spacial score (nSPS) is 15.0. The summed E-state index contributed by atoms with van der Waals surface area (Å²) in [6.07, 6.45) is 4.29. The molecule has 25 heavy (non-hydrogen) atoms. The zero-order valence-corrected chi connectivity index (χ0v) is 14.6. The molecular formula is C20H25N3O2. The Hall–Kier alpha value is -2.56. The van der Waals surface area contributed by atoms with Crippen LogP contribution in [-0.4, -0.2) is 30.6 Å². The molecule has 0 spiro atoms. The summed E-state index contributed by atoms with van der Waals surface area (Å²) in [5.41, 5.74) is 0.988. The highest BCUT2D eigenvalue weighted by Crippen LogP contribution is 2.21. The van der Waals surface area contributed by atoms with Gasteiger partial charge >= 0.3 is 0 Å². The van der Waals surface area contributed by atoms with E-state index in [2.05, 4.69) is 22.1 Å². The van der Waals surface area contributed by atoms with E-state index in [0.717, 1.165) is 30.4 Å². The number of para-hydroxylation sites is 1. The van der Waals surface area contributed by atoms with E-state index in [1.54, 1.807) is 0 Å². The summed E-state index contributed by atoms with van der Waals surface area (Å²) in [6.45, 7) is 4.92. The van der Waals surface area contributed by atoms with Gasteiger partial charge in [0.2, 0.25) is 0 Å². The molecule has 1 saturated heterocycles. The summed E-state index contributed by atoms with van der Waals surface area (Å²) in [4.78, 5) is 18.7. The monoisotopic (exact) mass is 339 g/mol. The van der Waals surface area contributed by atoms with Crippen LogP contribution in [0.25, 0.3) is 0 Å². The average Bonchev–Trinajstić information content (AvgIpc) is 2.67. The molecule has 1 amide bonds. The van der Waals surface area contributed by atoms with Crippen molar-refractivity contribution in [3.8, 4) is 5.75 Å². The summed E-state index contributed by atoms with van der Waals surface area (Å²) >= 11 is 0. The predicted octanol–water partition coefficient (Wildman–Crippen LogP) is 3.01. The maximum Gasteiger partial charge on any atom is 0.258 e. The highest BCUT2D eigenvalue weighted by molar-refractivity contribution is 5.77. The average molecular weight is 339 g/mol. The van der Waals surface area contributed by atoms with Crippen molar-refractivity contribution in [3.63, 3.8) is 0 Å². The Morgan fingerprint density at radius 3 is 2.64 bits per heavy atom. The second-order valence-corrected chi connectivity index (χ2v) is 6.57. The van der Waals surface area contributed by atoms with Crippen LogP contribution in [0.3, 0.4) is 0 Å². The van der Waals surface area contributed by atoms with E-state index in [9.17, 15) is 4.79 Å². The third-order valence-corrected chi connectivity index (χ3v) is 4.52. The summed E-state index contributed by atoms with van der Waals surface area (Å²) in [7, 11) is 0. The Labute approximate surface area is 149 Å². The van der Waals surface area contributed by atoms with Crippen LogP contribution in [0.1, 0.15) is 25.3 Å². The van der Waals surface area contributed by atoms with Crippen molar-refractivity contribution in [3.05, 3.63) is 54.2 Å². The largest absolute Gasteiger partial charge is 0.484 e. The van der Waals surface area contributed by atoms with Gasteiger partial charge in [0.25, 0.3) is 5.91 Å². The highest BCUT2D eigenvalue weighted by Gasteiger charge is 2.16. The molecule has 1 aliphatic rings. The Morgan fingerprint density at radius 2 is 1.96 bits per heavy atom. The van der Waals surface area contributed by atoms with E-state index in [1.807, 2.05) is 48.7 Å². The number of anilines is 1. The number of hydrogen-bond acceptors (Lipinski definition) is 4. The standard InChI is InChI=1S/C20H25N3O2/c1-16-9-11-23(12-10-16)19-8-7-17(13-21-19)14-22-20(24)15-25-18-5-3-2-4-6-18/h2-8,13,16H,9-12,14-15H2,1H3,(H,22,24). The molecule has 0 atom stereocenters. The molecule has 1 fully saturated rings. The van der Waals surface area contributed by atoms with Crippen molar-refractivity contribution in [1.82, 2.24) is 10.3 Å². The number of carbonyl (C=O) groups excluding carboxylic acids is 1. The number of amides is 1. The third kappa shape index (κ3) is 5.21. The van der Waals surface area contributed by atoms with Crippen LogP contribution in [0.15, 0.2) is 48.7 Å². The van der Waals surface area contributed by atoms with Crippen LogP contribution in [0.2, 0.25) is 0 Å². The fourth-order valence-corrected chi connectivity index (χ4v) is 2.86. The van der Waals surface area contributed by atoms with E-state index < -0.39 is 0 Å². The van der Waals surface area contributed by atoms with Crippen molar-refractivity contribution >= 4 is 11.7 Å². The van der Waals surface area contributed by atoms with Gasteiger partial charge in [-0.15, -0.1) is 0 Å². The van der Waals surface area contributed by atoms with Gasteiger partial charge < -0.3 is 15.0 Å². The minimum absolute atomic E-state index is 0.0154. The molecule has 132 valence electrons. The van der Waals surface area contributed by atoms with Crippen molar-refractivity contribution in [2.45, 2.75) is 26.3 Å². The molecule has 0 saturated carbocycles. The van der Waals surface area contributed by atoms with E-state index in [0.29, 0.717) is 12.3 Å². The molecule has 5 nitrogen and oxygen atoms in total. The van der Waals surface area contributed by atoms with Crippen LogP contribution in [-0.2, 0) is 11.3 Å². The summed E-state index contributed by atoms with van der Waals surface area (Å²) in [6, 6.07) is 13.4. The van der Waals surface area contributed by atoms with Crippen molar-refractivity contribution < 1.29 is 9.53 Å². The first kappa shape index (κ1) is 17.3. The number of hydrogen-bond donors (Lipinski definition) is 1. The smallest absolute Gasteiger partial charge is 0.258 e. The van der Waals surface area contributed by atoms with Gasteiger partial charge in [-0.05, 0) is 42.5 Å². The zero-order valence-electron chi connectivity index (χ0n) is 14.6. The van der Waals surface area contributed by atoms with E-state index in [1.165, 1.54) is 12.8 Å². The van der Waals surface area contributed by atoms with Crippen LogP contribution < -0.4 is 15.0 Å². The molecule has 0 unspecified atom stereocenters. The molecule has 0 aliphatic carbocycles. The number of nitrogens with zero attached hydrogens (tertiary/aromatic N) is 2. The molecule has 1 aromatic heterocycles. The molecule has 5 heteroatoms. The van der Waals surface area contributed by atoms with Gasteiger partial charge in [0.15, 0.2) is 6.61 Å². The molecule has 2 aromatic rings. The van der Waals surface area contributed by atoms with E-state index in [-0.39, 0.29) is 12.5 Å². The van der Waals surface area contributed by atoms with Crippen molar-refractivity contribution in [2.24, 2.45) is 5.92 Å². The number of rotatable bonds is 6. The molecule has 0 bridgehead atoms. The Bertz CT molecular complexity index is 665. The maximum absolute atomic E-state index is 11.9. The first-order valence-corrected chi connectivity index (χ1v) is 8.85. The number of aromatic nitrogens is 1. The zero-order chi connectivity index (χ0) is 17.5.